The van der Waals surface area contributed by atoms with Crippen molar-refractivity contribution in [3.63, 3.8) is 0 Å². The van der Waals surface area contributed by atoms with Crippen molar-refractivity contribution >= 4 is 11.9 Å². The van der Waals surface area contributed by atoms with E-state index < -0.39 is 0 Å². The number of hydrogen-bond acceptors (Lipinski definition) is 6. The van der Waals surface area contributed by atoms with Crippen molar-refractivity contribution in [1.29, 1.82) is 0 Å². The van der Waals surface area contributed by atoms with Crippen LogP contribution >= 0.6 is 0 Å². The first-order chi connectivity index (χ1) is 11.7. The van der Waals surface area contributed by atoms with E-state index in [1.54, 1.807) is 0 Å². The molecule has 3 saturated heterocycles. The van der Waals surface area contributed by atoms with Crippen LogP contribution in [0.25, 0.3) is 0 Å². The molecule has 3 aliphatic rings. The van der Waals surface area contributed by atoms with E-state index in [-0.39, 0.29) is 24.0 Å². The van der Waals surface area contributed by atoms with Crippen molar-refractivity contribution < 1.29 is 14.3 Å². The normalized spacial score (nSPS) is 29.8. The maximum atomic E-state index is 12.8. The maximum absolute atomic E-state index is 12.8. The Morgan fingerprint density at radius 2 is 2.00 bits per heavy atom. The van der Waals surface area contributed by atoms with E-state index in [9.17, 15) is 4.79 Å². The molecule has 130 valence electrons. The standard InChI is InChI=1S/C17H24N4O3/c1-2-12-8-18-17(19-9-12)21-10-13-7-14(15(11-21)24-13)16(22)20-3-5-23-6-4-20/h8-9,13-15H,2-7,10-11H2,1H3/t13-,14-,15+/m0/s1. The van der Waals surface area contributed by atoms with E-state index in [1.807, 2.05) is 17.3 Å². The second-order valence-electron chi connectivity index (χ2n) is 6.73. The zero-order valence-electron chi connectivity index (χ0n) is 14.1. The fourth-order valence-electron chi connectivity index (χ4n) is 3.79. The highest BCUT2D eigenvalue weighted by atomic mass is 16.5. The van der Waals surface area contributed by atoms with E-state index in [2.05, 4.69) is 21.8 Å². The summed E-state index contributed by atoms with van der Waals surface area (Å²) in [5.74, 6) is 0.910. The van der Waals surface area contributed by atoms with Crippen LogP contribution in [0.3, 0.4) is 0 Å². The van der Waals surface area contributed by atoms with Gasteiger partial charge in [-0.05, 0) is 18.4 Å². The lowest BCUT2D eigenvalue weighted by Gasteiger charge is -2.34. The quantitative estimate of drug-likeness (QED) is 0.803. The van der Waals surface area contributed by atoms with Crippen molar-refractivity contribution in [3.8, 4) is 0 Å². The monoisotopic (exact) mass is 332 g/mol. The minimum absolute atomic E-state index is 0.0481. The van der Waals surface area contributed by atoms with Crippen LogP contribution in [-0.4, -0.2) is 72.4 Å². The fourth-order valence-corrected chi connectivity index (χ4v) is 3.79. The third-order valence-corrected chi connectivity index (χ3v) is 5.18. The molecular formula is C17H24N4O3. The first kappa shape index (κ1) is 15.8. The molecule has 1 amide bonds. The van der Waals surface area contributed by atoms with Gasteiger partial charge in [0.25, 0.3) is 0 Å². The molecule has 0 saturated carbocycles. The zero-order valence-corrected chi connectivity index (χ0v) is 14.1. The average Bonchev–Trinajstić information content (AvgIpc) is 2.95. The first-order valence-corrected chi connectivity index (χ1v) is 8.82. The van der Waals surface area contributed by atoms with Gasteiger partial charge in [-0.3, -0.25) is 4.79 Å². The molecule has 0 unspecified atom stereocenters. The summed E-state index contributed by atoms with van der Waals surface area (Å²) in [6, 6.07) is 0. The highest BCUT2D eigenvalue weighted by molar-refractivity contribution is 5.80. The number of carbonyl (C=O) groups is 1. The van der Waals surface area contributed by atoms with Crippen molar-refractivity contribution in [2.45, 2.75) is 32.0 Å². The van der Waals surface area contributed by atoms with Crippen LogP contribution in [0.5, 0.6) is 0 Å². The summed E-state index contributed by atoms with van der Waals surface area (Å²) < 4.78 is 11.4. The van der Waals surface area contributed by atoms with Gasteiger partial charge in [0.15, 0.2) is 0 Å². The van der Waals surface area contributed by atoms with E-state index in [1.165, 1.54) is 0 Å². The second kappa shape index (κ2) is 6.64. The van der Waals surface area contributed by atoms with Crippen LogP contribution in [0, 0.1) is 5.92 Å². The number of ether oxygens (including phenoxy) is 2. The highest BCUT2D eigenvalue weighted by Crippen LogP contribution is 2.34. The maximum Gasteiger partial charge on any atom is 0.228 e. The van der Waals surface area contributed by atoms with Crippen molar-refractivity contribution in [1.82, 2.24) is 14.9 Å². The predicted octanol–water partition coefficient (Wildman–Crippen LogP) is 0.492. The molecule has 0 aliphatic carbocycles. The van der Waals surface area contributed by atoms with Gasteiger partial charge in [-0.1, -0.05) is 6.92 Å². The average molecular weight is 332 g/mol. The molecular weight excluding hydrogens is 308 g/mol. The molecule has 7 nitrogen and oxygen atoms in total. The van der Waals surface area contributed by atoms with Crippen LogP contribution in [0.2, 0.25) is 0 Å². The number of anilines is 1. The van der Waals surface area contributed by atoms with E-state index in [4.69, 9.17) is 9.47 Å². The number of nitrogens with zero attached hydrogens (tertiary/aromatic N) is 4. The SMILES string of the molecule is CCc1cnc(N2C[C@@H]3C[C@H](C(=O)N4CCOCC4)[C@@H](C2)O3)nc1. The fraction of sp³-hybridized carbons (Fsp3) is 0.706. The summed E-state index contributed by atoms with van der Waals surface area (Å²) in [7, 11) is 0. The lowest BCUT2D eigenvalue weighted by atomic mass is 9.98. The number of amides is 1. The third kappa shape index (κ3) is 2.98. The number of carbonyl (C=O) groups excluding carboxylic acids is 1. The van der Waals surface area contributed by atoms with Gasteiger partial charge in [-0.2, -0.15) is 0 Å². The molecule has 0 spiro atoms. The van der Waals surface area contributed by atoms with Gasteiger partial charge >= 0.3 is 0 Å². The van der Waals surface area contributed by atoms with Gasteiger partial charge in [0.05, 0.1) is 31.3 Å². The number of rotatable bonds is 3. The number of hydrogen-bond donors (Lipinski definition) is 0. The Hall–Kier alpha value is -1.73. The molecule has 0 N–H and O–H groups in total. The lowest BCUT2D eigenvalue weighted by molar-refractivity contribution is -0.141. The molecule has 7 heteroatoms. The Morgan fingerprint density at radius 3 is 2.71 bits per heavy atom. The summed E-state index contributed by atoms with van der Waals surface area (Å²) >= 11 is 0. The molecule has 3 aliphatic heterocycles. The summed E-state index contributed by atoms with van der Waals surface area (Å²) in [6.45, 7) is 6.19. The number of fused-ring (bicyclic) bond motifs is 2. The van der Waals surface area contributed by atoms with Crippen LogP contribution in [0.4, 0.5) is 5.95 Å². The Balaban J connectivity index is 1.44. The minimum atomic E-state index is -0.0615. The molecule has 0 aromatic carbocycles. The van der Waals surface area contributed by atoms with Gasteiger partial charge in [0, 0.05) is 38.6 Å². The molecule has 4 heterocycles. The van der Waals surface area contributed by atoms with Crippen LogP contribution < -0.4 is 4.90 Å². The molecule has 24 heavy (non-hydrogen) atoms. The minimum Gasteiger partial charge on any atom is -0.378 e. The smallest absolute Gasteiger partial charge is 0.228 e. The van der Waals surface area contributed by atoms with E-state index in [0.29, 0.717) is 32.8 Å². The Labute approximate surface area is 142 Å². The van der Waals surface area contributed by atoms with Gasteiger partial charge in [-0.25, -0.2) is 9.97 Å². The van der Waals surface area contributed by atoms with Crippen molar-refractivity contribution in [3.05, 3.63) is 18.0 Å². The molecule has 1 aromatic heterocycles. The van der Waals surface area contributed by atoms with Gasteiger partial charge in [-0.15, -0.1) is 0 Å². The number of aromatic nitrogens is 2. The Morgan fingerprint density at radius 1 is 1.25 bits per heavy atom. The topological polar surface area (TPSA) is 67.8 Å². The summed E-state index contributed by atoms with van der Waals surface area (Å²) in [4.78, 5) is 25.8. The number of aryl methyl sites for hydroxylation is 1. The highest BCUT2D eigenvalue weighted by Gasteiger charge is 2.46. The molecule has 2 bridgehead atoms. The van der Waals surface area contributed by atoms with Crippen molar-refractivity contribution in [2.24, 2.45) is 5.92 Å². The summed E-state index contributed by atoms with van der Waals surface area (Å²) in [5.41, 5.74) is 1.13. The molecule has 1 aromatic rings. The Bertz CT molecular complexity index is 588. The summed E-state index contributed by atoms with van der Waals surface area (Å²) in [5, 5.41) is 0. The molecule has 4 rings (SSSR count). The molecule has 3 fully saturated rings. The van der Waals surface area contributed by atoms with Crippen molar-refractivity contribution in [2.75, 3.05) is 44.3 Å². The summed E-state index contributed by atoms with van der Waals surface area (Å²) in [6.07, 6.45) is 5.53. The van der Waals surface area contributed by atoms with E-state index in [0.717, 1.165) is 30.9 Å². The Kier molecular flexibility index (Phi) is 4.37. The van der Waals surface area contributed by atoms with Gasteiger partial charge in [0.2, 0.25) is 11.9 Å². The van der Waals surface area contributed by atoms with Gasteiger partial charge in [0.1, 0.15) is 0 Å². The van der Waals surface area contributed by atoms with Crippen LogP contribution in [0.1, 0.15) is 18.9 Å². The molecule has 3 atom stereocenters. The van der Waals surface area contributed by atoms with Gasteiger partial charge < -0.3 is 19.3 Å². The lowest BCUT2D eigenvalue weighted by Crippen LogP contribution is -2.48. The van der Waals surface area contributed by atoms with E-state index >= 15 is 0 Å². The number of morpholine rings is 2. The first-order valence-electron chi connectivity index (χ1n) is 8.82. The molecule has 0 radical (unpaired) electrons. The third-order valence-electron chi connectivity index (χ3n) is 5.18. The second-order valence-corrected chi connectivity index (χ2v) is 6.73. The van der Waals surface area contributed by atoms with Crippen LogP contribution in [-0.2, 0) is 20.7 Å². The van der Waals surface area contributed by atoms with Crippen LogP contribution in [0.15, 0.2) is 12.4 Å². The zero-order chi connectivity index (χ0) is 16.5. The largest absolute Gasteiger partial charge is 0.378 e. The predicted molar refractivity (Wildman–Crippen MR) is 87.8 cm³/mol.